The van der Waals surface area contributed by atoms with Gasteiger partial charge in [-0.2, -0.15) is 5.10 Å². The summed E-state index contributed by atoms with van der Waals surface area (Å²) in [5, 5.41) is 5.58. The van der Waals surface area contributed by atoms with Gasteiger partial charge in [-0.1, -0.05) is 18.2 Å². The van der Waals surface area contributed by atoms with E-state index in [4.69, 9.17) is 0 Å². The molecule has 0 saturated heterocycles. The minimum absolute atomic E-state index is 0.0624. The van der Waals surface area contributed by atoms with Crippen molar-refractivity contribution in [1.29, 1.82) is 0 Å². The number of benzene rings is 1. The summed E-state index contributed by atoms with van der Waals surface area (Å²) in [5.41, 5.74) is 8.52. The summed E-state index contributed by atoms with van der Waals surface area (Å²) < 4.78 is 1.87. The van der Waals surface area contributed by atoms with Gasteiger partial charge in [0.25, 0.3) is 5.91 Å². The predicted molar refractivity (Wildman–Crippen MR) is 109 cm³/mol. The zero-order valence-electron chi connectivity index (χ0n) is 15.7. The van der Waals surface area contributed by atoms with Gasteiger partial charge in [0.05, 0.1) is 16.3 Å². The lowest BCUT2D eigenvalue weighted by molar-refractivity contribution is -0.128. The summed E-state index contributed by atoms with van der Waals surface area (Å²) in [6.07, 6.45) is 2.61. The summed E-state index contributed by atoms with van der Waals surface area (Å²) in [4.78, 5) is 27.3. The summed E-state index contributed by atoms with van der Waals surface area (Å²) in [6, 6.07) is 11.8. The lowest BCUT2D eigenvalue weighted by atomic mass is 10.2. The highest BCUT2D eigenvalue weighted by Gasteiger charge is 2.18. The molecule has 0 aliphatic carbocycles. The van der Waals surface area contributed by atoms with Gasteiger partial charge >= 0.3 is 0 Å². The first-order valence-corrected chi connectivity index (χ1v) is 9.90. The van der Waals surface area contributed by atoms with E-state index in [1.165, 1.54) is 11.3 Å². The number of carbonyl (C=O) groups is 2. The Bertz CT molecular complexity index is 1070. The van der Waals surface area contributed by atoms with Crippen molar-refractivity contribution < 1.29 is 9.59 Å². The Labute approximate surface area is 166 Å². The van der Waals surface area contributed by atoms with Crippen LogP contribution in [-0.4, -0.2) is 39.6 Å². The minimum atomic E-state index is -0.185. The molecule has 2 amide bonds. The van der Waals surface area contributed by atoms with Crippen molar-refractivity contribution in [3.05, 3.63) is 58.7 Å². The molecule has 1 aromatic carbocycles. The Balaban J connectivity index is 1.49. The third kappa shape index (κ3) is 3.50. The number of amides is 2. The summed E-state index contributed by atoms with van der Waals surface area (Å²) in [6.45, 7) is 4.72. The molecule has 2 aromatic heterocycles. The number of hydrogen-bond acceptors (Lipinski definition) is 5. The van der Waals surface area contributed by atoms with Crippen LogP contribution in [0.25, 0.3) is 15.9 Å². The van der Waals surface area contributed by atoms with Crippen molar-refractivity contribution in [2.45, 2.75) is 20.3 Å². The van der Waals surface area contributed by atoms with Gasteiger partial charge in [0.15, 0.2) is 0 Å². The monoisotopic (exact) mass is 395 g/mol. The lowest BCUT2D eigenvalue weighted by Gasteiger charge is -2.25. The second kappa shape index (κ2) is 7.47. The normalized spacial score (nSPS) is 14.1. The van der Waals surface area contributed by atoms with Gasteiger partial charge in [-0.15, -0.1) is 11.3 Å². The molecular formula is C20H21N5O2S. The van der Waals surface area contributed by atoms with Gasteiger partial charge in [0.2, 0.25) is 5.91 Å². The van der Waals surface area contributed by atoms with Crippen LogP contribution < -0.4 is 10.9 Å². The summed E-state index contributed by atoms with van der Waals surface area (Å²) >= 11 is 1.41. The van der Waals surface area contributed by atoms with Crippen molar-refractivity contribution in [3.8, 4) is 5.69 Å². The molecule has 0 unspecified atom stereocenters. The number of aromatic nitrogens is 2. The Morgan fingerprint density at radius 2 is 2.00 bits per heavy atom. The second-order valence-corrected chi connectivity index (χ2v) is 7.72. The fourth-order valence-electron chi connectivity index (χ4n) is 3.17. The number of carbonyl (C=O) groups excluding carboxylic acids is 2. The number of aryl methyl sites for hydroxylation is 1. The highest BCUT2D eigenvalue weighted by atomic mass is 32.1. The number of nitrogens with one attached hydrogen (secondary N) is 2. The van der Waals surface area contributed by atoms with Crippen molar-refractivity contribution in [2.24, 2.45) is 0 Å². The van der Waals surface area contributed by atoms with E-state index in [0.717, 1.165) is 27.3 Å². The second-order valence-electron chi connectivity index (χ2n) is 6.69. The highest BCUT2D eigenvalue weighted by molar-refractivity contribution is 7.20. The first kappa shape index (κ1) is 18.2. The van der Waals surface area contributed by atoms with E-state index in [0.29, 0.717) is 24.4 Å². The molecule has 1 aliphatic heterocycles. The zero-order chi connectivity index (χ0) is 19.7. The molecule has 1 aliphatic rings. The fourth-order valence-corrected chi connectivity index (χ4v) is 4.25. The number of nitrogens with zero attached hydrogens (tertiary/aromatic N) is 3. The van der Waals surface area contributed by atoms with Crippen LogP contribution in [0.4, 0.5) is 0 Å². The molecule has 0 saturated carbocycles. The maximum Gasteiger partial charge on any atom is 0.279 e. The number of fused-ring (bicyclic) bond motifs is 1. The average Bonchev–Trinajstić information content (AvgIpc) is 3.28. The molecule has 0 fully saturated rings. The maximum atomic E-state index is 12.6. The number of thiophene rings is 1. The molecular weight excluding hydrogens is 374 g/mol. The van der Waals surface area contributed by atoms with E-state index in [-0.39, 0.29) is 11.8 Å². The van der Waals surface area contributed by atoms with Crippen molar-refractivity contribution in [3.63, 3.8) is 0 Å². The number of hydrogen-bond donors (Lipinski definition) is 2. The molecule has 3 heterocycles. The lowest BCUT2D eigenvalue weighted by Crippen LogP contribution is -2.41. The van der Waals surface area contributed by atoms with Crippen LogP contribution in [-0.2, 0) is 4.79 Å². The van der Waals surface area contributed by atoms with Crippen LogP contribution in [0.2, 0.25) is 0 Å². The molecule has 2 N–H and O–H groups in total. The molecule has 4 rings (SSSR count). The van der Waals surface area contributed by atoms with E-state index in [1.54, 1.807) is 11.8 Å². The van der Waals surface area contributed by atoms with Gasteiger partial charge in [0.1, 0.15) is 4.83 Å². The molecule has 28 heavy (non-hydrogen) atoms. The Kier molecular flexibility index (Phi) is 4.87. The molecule has 0 radical (unpaired) electrons. The van der Waals surface area contributed by atoms with Crippen molar-refractivity contribution in [2.75, 3.05) is 13.1 Å². The largest absolute Gasteiger partial charge is 0.339 e. The van der Waals surface area contributed by atoms with Gasteiger partial charge in [-0.25, -0.2) is 4.68 Å². The van der Waals surface area contributed by atoms with Gasteiger partial charge in [0, 0.05) is 37.5 Å². The standard InChI is InChI=1S/C20H21N5O2S/c1-13-17-12-18(28-20(17)25(23-13)16-6-4-3-5-7-16)19(27)22-21-15-8-10-24(11-9-15)14(2)26/h3-8,12,21H,9-11H2,1-2H3,(H,22,27). The topological polar surface area (TPSA) is 79.3 Å². The van der Waals surface area contributed by atoms with E-state index < -0.39 is 0 Å². The maximum absolute atomic E-state index is 12.6. The van der Waals surface area contributed by atoms with Crippen LogP contribution in [0.3, 0.4) is 0 Å². The summed E-state index contributed by atoms with van der Waals surface area (Å²) in [7, 11) is 0. The van der Waals surface area contributed by atoms with Crippen LogP contribution in [0.5, 0.6) is 0 Å². The highest BCUT2D eigenvalue weighted by Crippen LogP contribution is 2.30. The molecule has 0 atom stereocenters. The van der Waals surface area contributed by atoms with Crippen molar-refractivity contribution >= 4 is 33.4 Å². The zero-order valence-corrected chi connectivity index (χ0v) is 16.5. The van der Waals surface area contributed by atoms with E-state index >= 15 is 0 Å². The number of rotatable bonds is 4. The van der Waals surface area contributed by atoms with E-state index in [2.05, 4.69) is 16.0 Å². The average molecular weight is 395 g/mol. The van der Waals surface area contributed by atoms with Crippen LogP contribution >= 0.6 is 11.3 Å². The van der Waals surface area contributed by atoms with Crippen LogP contribution in [0.1, 0.15) is 28.7 Å². The van der Waals surface area contributed by atoms with Gasteiger partial charge in [-0.05, 0) is 31.2 Å². The third-order valence-corrected chi connectivity index (χ3v) is 5.87. The minimum Gasteiger partial charge on any atom is -0.339 e. The SMILES string of the molecule is CC(=O)N1CC=C(NNC(=O)c2cc3c(C)nn(-c4ccccc4)c3s2)CC1. The van der Waals surface area contributed by atoms with E-state index in [1.807, 2.05) is 54.1 Å². The Morgan fingerprint density at radius 3 is 2.68 bits per heavy atom. The molecule has 0 bridgehead atoms. The van der Waals surface area contributed by atoms with Gasteiger partial charge < -0.3 is 10.3 Å². The molecule has 3 aromatic rings. The fraction of sp³-hybridized carbons (Fsp3) is 0.250. The van der Waals surface area contributed by atoms with E-state index in [9.17, 15) is 9.59 Å². The van der Waals surface area contributed by atoms with Crippen LogP contribution in [0, 0.1) is 6.92 Å². The third-order valence-electron chi connectivity index (χ3n) is 4.76. The van der Waals surface area contributed by atoms with Crippen molar-refractivity contribution in [1.82, 2.24) is 25.5 Å². The summed E-state index contributed by atoms with van der Waals surface area (Å²) in [5.74, 6) is -0.123. The van der Waals surface area contributed by atoms with Crippen LogP contribution in [0.15, 0.2) is 48.2 Å². The Morgan fingerprint density at radius 1 is 1.21 bits per heavy atom. The molecule has 7 nitrogen and oxygen atoms in total. The predicted octanol–water partition coefficient (Wildman–Crippen LogP) is 2.77. The molecule has 0 spiro atoms. The van der Waals surface area contributed by atoms with Gasteiger partial charge in [-0.3, -0.25) is 15.0 Å². The quantitative estimate of drug-likeness (QED) is 0.666. The Hall–Kier alpha value is -3.13. The molecule has 8 heteroatoms. The first-order valence-electron chi connectivity index (χ1n) is 9.08. The molecule has 144 valence electrons. The number of hydrazine groups is 1. The first-order chi connectivity index (χ1) is 13.5. The smallest absolute Gasteiger partial charge is 0.279 e. The number of para-hydroxylation sites is 1.